The Morgan fingerprint density at radius 2 is 1.02 bits per heavy atom. The van der Waals surface area contributed by atoms with E-state index in [0.717, 1.165) is 17.0 Å². The smallest absolute Gasteiger partial charge is 0.325 e. The second-order valence-corrected chi connectivity index (χ2v) is 9.20. The molecule has 0 saturated carbocycles. The monoisotopic (exact) mass is 649 g/mol. The largest absolute Gasteiger partial charge is 0.442 e. The van der Waals surface area contributed by atoms with Crippen LogP contribution in [-0.2, 0) is 0 Å². The normalized spacial score (nSPS) is 10.5. The van der Waals surface area contributed by atoms with Crippen LogP contribution in [0.1, 0.15) is 17.3 Å². The number of hydrogen-bond acceptors (Lipinski definition) is 15. The molecule has 21 heteroatoms. The number of nitro groups is 6. The molecule has 47 heavy (non-hydrogen) atoms. The van der Waals surface area contributed by atoms with Crippen molar-refractivity contribution in [2.45, 2.75) is 6.92 Å². The van der Waals surface area contributed by atoms with E-state index in [1.54, 1.807) is 0 Å². The lowest BCUT2D eigenvalue weighted by molar-refractivity contribution is -0.404. The van der Waals surface area contributed by atoms with Gasteiger partial charge in [0.2, 0.25) is 5.69 Å². The lowest BCUT2D eigenvalue weighted by atomic mass is 10.1. The molecular weight excluding hydrogens is 634 g/mol. The van der Waals surface area contributed by atoms with Gasteiger partial charge >= 0.3 is 22.7 Å². The standard InChI is InChI=1S/C26H15N7O14/c1-14(34)15-6-8-16(9-7-15)27(25-20(30(39)40)10-17(28(35)36)11-21(25)31(41)42)19-4-2-3-5-24(19)47-26-22(32(43)44)12-18(29(37)38)13-23(26)33(45)46/h2-13H,1H3. The lowest BCUT2D eigenvalue weighted by Crippen LogP contribution is -2.15. The number of hydrogen-bond donors (Lipinski definition) is 0. The Morgan fingerprint density at radius 1 is 0.596 bits per heavy atom. The Kier molecular flexibility index (Phi) is 8.74. The van der Waals surface area contributed by atoms with Crippen LogP contribution in [0, 0.1) is 60.7 Å². The molecule has 0 unspecified atom stereocenters. The van der Waals surface area contributed by atoms with E-state index in [2.05, 4.69) is 0 Å². The van der Waals surface area contributed by atoms with Gasteiger partial charge in [-0.2, -0.15) is 0 Å². The molecule has 21 nitrogen and oxygen atoms in total. The molecule has 4 aromatic rings. The molecule has 4 aromatic carbocycles. The molecule has 238 valence electrons. The van der Waals surface area contributed by atoms with Crippen molar-refractivity contribution in [3.63, 3.8) is 0 Å². The Balaban J connectivity index is 2.12. The van der Waals surface area contributed by atoms with E-state index < -0.39 is 86.6 Å². The molecule has 0 N–H and O–H groups in total. The third-order valence-electron chi connectivity index (χ3n) is 6.37. The number of carbonyl (C=O) groups excluding carboxylic acids is 1. The first-order valence-corrected chi connectivity index (χ1v) is 12.5. The van der Waals surface area contributed by atoms with Crippen LogP contribution in [-0.4, -0.2) is 35.3 Å². The minimum atomic E-state index is -1.22. The van der Waals surface area contributed by atoms with Crippen LogP contribution in [0.3, 0.4) is 0 Å². The van der Waals surface area contributed by atoms with Gasteiger partial charge in [0.25, 0.3) is 17.1 Å². The average Bonchev–Trinajstić information content (AvgIpc) is 3.01. The number of Topliss-reactive ketones (excluding diaryl/α,β-unsaturated/α-hetero) is 1. The van der Waals surface area contributed by atoms with Crippen LogP contribution in [0.25, 0.3) is 0 Å². The Labute approximate surface area is 258 Å². The summed E-state index contributed by atoms with van der Waals surface area (Å²) >= 11 is 0. The first-order valence-electron chi connectivity index (χ1n) is 12.5. The highest BCUT2D eigenvalue weighted by Crippen LogP contribution is 2.51. The highest BCUT2D eigenvalue weighted by Gasteiger charge is 2.38. The van der Waals surface area contributed by atoms with Gasteiger partial charge in [-0.3, -0.25) is 70.4 Å². The molecular formula is C26H15N7O14. The highest BCUT2D eigenvalue weighted by atomic mass is 16.7. The molecule has 0 aliphatic rings. The molecule has 0 spiro atoms. The van der Waals surface area contributed by atoms with Crippen molar-refractivity contribution in [1.82, 2.24) is 0 Å². The summed E-state index contributed by atoms with van der Waals surface area (Å²) in [6.07, 6.45) is 0. The maximum absolute atomic E-state index is 12.2. The number of benzene rings is 4. The fraction of sp³-hybridized carbons (Fsp3) is 0.0385. The van der Waals surface area contributed by atoms with Gasteiger partial charge in [-0.15, -0.1) is 0 Å². The molecule has 0 aromatic heterocycles. The maximum atomic E-state index is 12.2. The molecule has 0 fully saturated rings. The number of carbonyl (C=O) groups is 1. The van der Waals surface area contributed by atoms with Crippen molar-refractivity contribution in [2.24, 2.45) is 0 Å². The minimum absolute atomic E-state index is 0.140. The number of para-hydroxylation sites is 2. The van der Waals surface area contributed by atoms with Crippen LogP contribution in [0.4, 0.5) is 51.2 Å². The first-order chi connectivity index (χ1) is 22.1. The zero-order chi connectivity index (χ0) is 34.7. The molecule has 0 atom stereocenters. The van der Waals surface area contributed by atoms with Crippen LogP contribution in [0.5, 0.6) is 11.5 Å². The zero-order valence-corrected chi connectivity index (χ0v) is 23.3. The van der Waals surface area contributed by atoms with Gasteiger partial charge in [0.15, 0.2) is 11.5 Å². The van der Waals surface area contributed by atoms with E-state index in [-0.39, 0.29) is 16.9 Å². The predicted octanol–water partition coefficient (Wildman–Crippen LogP) is 6.60. The van der Waals surface area contributed by atoms with Crippen LogP contribution >= 0.6 is 0 Å². The quantitative estimate of drug-likeness (QED) is 0.0886. The van der Waals surface area contributed by atoms with Gasteiger partial charge in [-0.05, 0) is 43.3 Å². The Morgan fingerprint density at radius 3 is 1.43 bits per heavy atom. The van der Waals surface area contributed by atoms with E-state index in [0.29, 0.717) is 24.3 Å². The molecule has 0 saturated heterocycles. The summed E-state index contributed by atoms with van der Waals surface area (Å²) in [5.74, 6) is -2.06. The highest BCUT2D eigenvalue weighted by molar-refractivity contribution is 5.96. The Bertz CT molecular complexity index is 1960. The van der Waals surface area contributed by atoms with E-state index in [9.17, 15) is 65.5 Å². The third-order valence-corrected chi connectivity index (χ3v) is 6.37. The summed E-state index contributed by atoms with van der Waals surface area (Å²) in [7, 11) is 0. The zero-order valence-electron chi connectivity index (χ0n) is 23.3. The van der Waals surface area contributed by atoms with Crippen LogP contribution < -0.4 is 9.64 Å². The van der Waals surface area contributed by atoms with Gasteiger partial charge in [-0.1, -0.05) is 12.1 Å². The van der Waals surface area contributed by atoms with Crippen LogP contribution in [0.15, 0.2) is 72.8 Å². The third kappa shape index (κ3) is 6.42. The van der Waals surface area contributed by atoms with Gasteiger partial charge in [0, 0.05) is 11.3 Å². The molecule has 0 bridgehead atoms. The summed E-state index contributed by atoms with van der Waals surface area (Å²) in [6, 6.07) is 11.4. The summed E-state index contributed by atoms with van der Waals surface area (Å²) in [5, 5.41) is 71.1. The lowest BCUT2D eigenvalue weighted by Gasteiger charge is -2.26. The first kappa shape index (κ1) is 32.5. The minimum Gasteiger partial charge on any atom is -0.442 e. The number of rotatable bonds is 12. The number of ketones is 1. The second kappa shape index (κ2) is 12.7. The topological polar surface area (TPSA) is 288 Å². The van der Waals surface area contributed by atoms with E-state index in [1.807, 2.05) is 0 Å². The molecule has 4 rings (SSSR count). The van der Waals surface area contributed by atoms with Crippen molar-refractivity contribution in [1.29, 1.82) is 0 Å². The van der Waals surface area contributed by atoms with Crippen molar-refractivity contribution in [3.8, 4) is 11.5 Å². The SMILES string of the molecule is CC(=O)c1ccc(N(c2ccccc2Oc2c([N+](=O)[O-])cc([N+](=O)[O-])cc2[N+](=O)[O-])c2c([N+](=O)[O-])cc([N+](=O)[O-])cc2[N+](=O)[O-])cc1. The molecule has 0 amide bonds. The van der Waals surface area contributed by atoms with Gasteiger partial charge in [0.1, 0.15) is 0 Å². The van der Waals surface area contributed by atoms with Crippen molar-refractivity contribution in [2.75, 3.05) is 4.90 Å². The van der Waals surface area contributed by atoms with E-state index in [1.165, 1.54) is 43.3 Å². The fourth-order valence-electron chi connectivity index (χ4n) is 4.34. The summed E-state index contributed by atoms with van der Waals surface area (Å²) in [4.78, 5) is 76.9. The van der Waals surface area contributed by atoms with Gasteiger partial charge in [0.05, 0.1) is 59.5 Å². The average molecular weight is 649 g/mol. The Hall–Kier alpha value is -7.45. The fourth-order valence-corrected chi connectivity index (χ4v) is 4.34. The number of non-ortho nitro benzene ring substituents is 2. The number of anilines is 3. The molecule has 0 aliphatic heterocycles. The van der Waals surface area contributed by atoms with Gasteiger partial charge < -0.3 is 4.74 Å². The van der Waals surface area contributed by atoms with E-state index >= 15 is 0 Å². The summed E-state index contributed by atoms with van der Waals surface area (Å²) in [5.41, 5.74) is -8.02. The van der Waals surface area contributed by atoms with Crippen molar-refractivity contribution in [3.05, 3.63) is 139 Å². The summed E-state index contributed by atoms with van der Waals surface area (Å²) in [6.45, 7) is 1.23. The second-order valence-electron chi connectivity index (χ2n) is 9.20. The van der Waals surface area contributed by atoms with Gasteiger partial charge in [-0.25, -0.2) is 0 Å². The number of nitrogens with zero attached hydrogens (tertiary/aromatic N) is 7. The molecule has 0 heterocycles. The predicted molar refractivity (Wildman–Crippen MR) is 158 cm³/mol. The number of nitro benzene ring substituents is 6. The van der Waals surface area contributed by atoms with Crippen molar-refractivity contribution < 1.29 is 39.1 Å². The van der Waals surface area contributed by atoms with Crippen LogP contribution in [0.2, 0.25) is 0 Å². The maximum Gasteiger partial charge on any atom is 0.325 e. The van der Waals surface area contributed by atoms with Crippen molar-refractivity contribution >= 4 is 57.0 Å². The summed E-state index contributed by atoms with van der Waals surface area (Å²) < 4.78 is 5.63. The number of ether oxygens (including phenoxy) is 1. The molecule has 0 aliphatic carbocycles. The molecule has 0 radical (unpaired) electrons. The van der Waals surface area contributed by atoms with E-state index in [4.69, 9.17) is 4.74 Å².